The van der Waals surface area contributed by atoms with Crippen LogP contribution in [0.3, 0.4) is 0 Å². The Hall–Kier alpha value is -1.96. The SMILES string of the molecule is CC(C(=O)O)N(C(=O)c1cc(Br)cc([N+](=O)[O-])c1)C1CC1. The van der Waals surface area contributed by atoms with E-state index in [0.29, 0.717) is 4.47 Å². The molecule has 21 heavy (non-hydrogen) atoms. The Balaban J connectivity index is 2.37. The molecule has 1 N–H and O–H groups in total. The Morgan fingerprint density at radius 2 is 2.05 bits per heavy atom. The van der Waals surface area contributed by atoms with Crippen LogP contribution in [0.15, 0.2) is 22.7 Å². The van der Waals surface area contributed by atoms with E-state index in [9.17, 15) is 19.7 Å². The highest BCUT2D eigenvalue weighted by Gasteiger charge is 2.39. The summed E-state index contributed by atoms with van der Waals surface area (Å²) in [7, 11) is 0. The van der Waals surface area contributed by atoms with Crippen molar-refractivity contribution in [2.45, 2.75) is 31.8 Å². The van der Waals surface area contributed by atoms with Gasteiger partial charge in [0, 0.05) is 28.2 Å². The zero-order valence-corrected chi connectivity index (χ0v) is 12.7. The minimum Gasteiger partial charge on any atom is -0.480 e. The molecule has 0 heterocycles. The third kappa shape index (κ3) is 3.38. The van der Waals surface area contributed by atoms with Crippen molar-refractivity contribution in [3.05, 3.63) is 38.3 Å². The fourth-order valence-corrected chi connectivity index (χ4v) is 2.56. The molecule has 1 unspecified atom stereocenters. The van der Waals surface area contributed by atoms with Crippen molar-refractivity contribution in [3.63, 3.8) is 0 Å². The Kier molecular flexibility index (Phi) is 4.26. The molecule has 1 atom stereocenters. The Morgan fingerprint density at radius 3 is 2.52 bits per heavy atom. The summed E-state index contributed by atoms with van der Waals surface area (Å²) in [5.41, 5.74) is -0.109. The van der Waals surface area contributed by atoms with Gasteiger partial charge in [-0.05, 0) is 25.8 Å². The third-order valence-electron chi connectivity index (χ3n) is 3.29. The number of halogens is 1. The second-order valence-corrected chi connectivity index (χ2v) is 5.83. The summed E-state index contributed by atoms with van der Waals surface area (Å²) in [6.45, 7) is 1.44. The molecule has 1 amide bonds. The lowest BCUT2D eigenvalue weighted by molar-refractivity contribution is -0.385. The van der Waals surface area contributed by atoms with Crippen LogP contribution >= 0.6 is 15.9 Å². The predicted octanol–water partition coefficient (Wildman–Crippen LogP) is 2.44. The lowest BCUT2D eigenvalue weighted by Gasteiger charge is -2.26. The van der Waals surface area contributed by atoms with Crippen molar-refractivity contribution in [2.75, 3.05) is 0 Å². The highest BCUT2D eigenvalue weighted by Crippen LogP contribution is 2.31. The smallest absolute Gasteiger partial charge is 0.326 e. The van der Waals surface area contributed by atoms with E-state index < -0.39 is 22.8 Å². The number of carbonyl (C=O) groups excluding carboxylic acids is 1. The van der Waals surface area contributed by atoms with Crippen LogP contribution in [0.25, 0.3) is 0 Å². The summed E-state index contributed by atoms with van der Waals surface area (Å²) < 4.78 is 0.402. The van der Waals surface area contributed by atoms with Crippen molar-refractivity contribution in [1.82, 2.24) is 4.90 Å². The molecule has 0 aromatic heterocycles. The number of carboxylic acids is 1. The van der Waals surface area contributed by atoms with Gasteiger partial charge in [-0.1, -0.05) is 15.9 Å². The van der Waals surface area contributed by atoms with Gasteiger partial charge in [0.1, 0.15) is 6.04 Å². The zero-order valence-electron chi connectivity index (χ0n) is 11.2. The number of nitrogens with zero attached hydrogens (tertiary/aromatic N) is 2. The summed E-state index contributed by atoms with van der Waals surface area (Å²) in [5, 5.41) is 20.0. The molecule has 2 rings (SSSR count). The van der Waals surface area contributed by atoms with E-state index in [1.807, 2.05) is 0 Å². The summed E-state index contributed by atoms with van der Waals surface area (Å²) in [6.07, 6.45) is 1.50. The maximum Gasteiger partial charge on any atom is 0.326 e. The second-order valence-electron chi connectivity index (χ2n) is 4.91. The molecule has 0 bridgehead atoms. The molecule has 8 heteroatoms. The largest absolute Gasteiger partial charge is 0.480 e. The standard InChI is InChI=1S/C13H13BrN2O5/c1-7(13(18)19)15(10-2-3-10)12(17)8-4-9(14)6-11(5-8)16(20)21/h4-7,10H,2-3H2,1H3,(H,18,19). The molecular formula is C13H13BrN2O5. The Morgan fingerprint density at radius 1 is 1.43 bits per heavy atom. The van der Waals surface area contributed by atoms with Crippen molar-refractivity contribution in [1.29, 1.82) is 0 Å². The molecule has 1 aliphatic rings. The number of nitro benzene ring substituents is 1. The minimum atomic E-state index is -1.10. The number of hydrogen-bond acceptors (Lipinski definition) is 4. The highest BCUT2D eigenvalue weighted by atomic mass is 79.9. The number of nitro groups is 1. The number of carbonyl (C=O) groups is 2. The van der Waals surface area contributed by atoms with E-state index in [1.54, 1.807) is 0 Å². The molecule has 1 saturated carbocycles. The summed E-state index contributed by atoms with van der Waals surface area (Å²) >= 11 is 3.13. The first-order valence-corrected chi connectivity index (χ1v) is 7.11. The normalized spacial score (nSPS) is 15.3. The van der Waals surface area contributed by atoms with Gasteiger partial charge in [0.05, 0.1) is 4.92 Å². The molecule has 0 saturated heterocycles. The topological polar surface area (TPSA) is 101 Å². The van der Waals surface area contributed by atoms with Gasteiger partial charge in [-0.15, -0.1) is 0 Å². The van der Waals surface area contributed by atoms with Crippen molar-refractivity contribution in [2.24, 2.45) is 0 Å². The molecule has 112 valence electrons. The van der Waals surface area contributed by atoms with Crippen molar-refractivity contribution in [3.8, 4) is 0 Å². The van der Waals surface area contributed by atoms with E-state index in [2.05, 4.69) is 15.9 Å². The lowest BCUT2D eigenvalue weighted by atomic mass is 10.1. The summed E-state index contributed by atoms with van der Waals surface area (Å²) in [4.78, 5) is 35.2. The number of carboxylic acid groups (broad SMARTS) is 1. The van der Waals surface area contributed by atoms with Gasteiger partial charge in [0.15, 0.2) is 0 Å². The first-order valence-electron chi connectivity index (χ1n) is 6.31. The molecule has 1 aromatic rings. The van der Waals surface area contributed by atoms with Gasteiger partial charge in [0.2, 0.25) is 0 Å². The van der Waals surface area contributed by atoms with Crippen molar-refractivity contribution >= 4 is 33.5 Å². The number of aliphatic carboxylic acids is 1. The average Bonchev–Trinajstić information content (AvgIpc) is 3.22. The van der Waals surface area contributed by atoms with Gasteiger partial charge in [-0.25, -0.2) is 4.79 Å². The van der Waals surface area contributed by atoms with Crippen LogP contribution in [-0.4, -0.2) is 38.9 Å². The minimum absolute atomic E-state index is 0.107. The number of benzene rings is 1. The van der Waals surface area contributed by atoms with Gasteiger partial charge in [0.25, 0.3) is 11.6 Å². The van der Waals surface area contributed by atoms with Crippen LogP contribution in [0.1, 0.15) is 30.1 Å². The third-order valence-corrected chi connectivity index (χ3v) is 3.75. The molecule has 0 aliphatic heterocycles. The predicted molar refractivity (Wildman–Crippen MR) is 77.1 cm³/mol. The van der Waals surface area contributed by atoms with Gasteiger partial charge in [-0.3, -0.25) is 14.9 Å². The number of non-ortho nitro benzene ring substituents is 1. The second kappa shape index (κ2) is 5.80. The average molecular weight is 357 g/mol. The van der Waals surface area contributed by atoms with Crippen molar-refractivity contribution < 1.29 is 19.6 Å². The monoisotopic (exact) mass is 356 g/mol. The Bertz CT molecular complexity index is 615. The lowest BCUT2D eigenvalue weighted by Crippen LogP contribution is -2.44. The van der Waals surface area contributed by atoms with Gasteiger partial charge < -0.3 is 10.0 Å². The van der Waals surface area contributed by atoms with Gasteiger partial charge in [-0.2, -0.15) is 0 Å². The van der Waals surface area contributed by atoms with Crippen LogP contribution in [0.2, 0.25) is 0 Å². The molecule has 1 aliphatic carbocycles. The van der Waals surface area contributed by atoms with Crippen LogP contribution in [0.5, 0.6) is 0 Å². The molecule has 0 radical (unpaired) electrons. The van der Waals surface area contributed by atoms with E-state index in [1.165, 1.54) is 24.0 Å². The molecule has 1 fully saturated rings. The van der Waals surface area contributed by atoms with E-state index in [0.717, 1.165) is 18.9 Å². The Labute approximate surface area is 128 Å². The van der Waals surface area contributed by atoms with Gasteiger partial charge >= 0.3 is 5.97 Å². The molecule has 7 nitrogen and oxygen atoms in total. The van der Waals surface area contributed by atoms with Crippen LogP contribution in [-0.2, 0) is 4.79 Å². The zero-order chi connectivity index (χ0) is 15.7. The summed E-state index contributed by atoms with van der Waals surface area (Å²) in [5.74, 6) is -1.60. The maximum absolute atomic E-state index is 12.5. The van der Waals surface area contributed by atoms with E-state index in [-0.39, 0.29) is 17.3 Å². The van der Waals surface area contributed by atoms with E-state index >= 15 is 0 Å². The van der Waals surface area contributed by atoms with Crippen LogP contribution in [0.4, 0.5) is 5.69 Å². The fourth-order valence-electron chi connectivity index (χ4n) is 2.08. The number of rotatable bonds is 5. The molecule has 1 aromatic carbocycles. The first-order chi connectivity index (χ1) is 9.81. The molecular weight excluding hydrogens is 344 g/mol. The number of hydrogen-bond donors (Lipinski definition) is 1. The molecule has 0 spiro atoms. The van der Waals surface area contributed by atoms with Crippen LogP contribution in [0, 0.1) is 10.1 Å². The fraction of sp³-hybridized carbons (Fsp3) is 0.385. The summed E-state index contributed by atoms with van der Waals surface area (Å²) in [6, 6.07) is 2.83. The first kappa shape index (κ1) is 15.4. The maximum atomic E-state index is 12.5. The number of amides is 1. The highest BCUT2D eigenvalue weighted by molar-refractivity contribution is 9.10. The van der Waals surface area contributed by atoms with E-state index in [4.69, 9.17) is 5.11 Å². The quantitative estimate of drug-likeness (QED) is 0.644. The van der Waals surface area contributed by atoms with Crippen LogP contribution < -0.4 is 0 Å².